The summed E-state index contributed by atoms with van der Waals surface area (Å²) in [6.45, 7) is 9.46. The van der Waals surface area contributed by atoms with Crippen LogP contribution in [0.3, 0.4) is 0 Å². The van der Waals surface area contributed by atoms with Gasteiger partial charge in [-0.2, -0.15) is 0 Å². The Morgan fingerprint density at radius 1 is 1.00 bits per heavy atom. The van der Waals surface area contributed by atoms with Crippen molar-refractivity contribution in [2.24, 2.45) is 0 Å². The van der Waals surface area contributed by atoms with Crippen molar-refractivity contribution >= 4 is 29.1 Å². The SMILES string of the molecule is CCC(COc1cc(Cl)ccc1C1CCN(C(=O)CN(C)C)CC1)N1CCCC1.Cc1ccc(Cl)cc1. The first-order valence-electron chi connectivity index (χ1n) is 13.6. The molecule has 204 valence electrons. The molecule has 0 N–H and O–H groups in total. The van der Waals surface area contributed by atoms with Crippen LogP contribution in [0.2, 0.25) is 10.0 Å². The number of aryl methyl sites for hydroxylation is 1. The molecule has 0 bridgehead atoms. The fourth-order valence-electron chi connectivity index (χ4n) is 5.09. The molecule has 2 aromatic rings. The van der Waals surface area contributed by atoms with Gasteiger partial charge in [0.25, 0.3) is 0 Å². The fourth-order valence-corrected chi connectivity index (χ4v) is 5.38. The van der Waals surface area contributed by atoms with E-state index in [1.807, 2.05) is 67.2 Å². The number of carbonyl (C=O) groups is 1. The molecule has 0 aromatic heterocycles. The van der Waals surface area contributed by atoms with E-state index in [9.17, 15) is 4.79 Å². The second kappa shape index (κ2) is 15.0. The highest BCUT2D eigenvalue weighted by molar-refractivity contribution is 6.30. The minimum absolute atomic E-state index is 0.220. The van der Waals surface area contributed by atoms with Crippen LogP contribution < -0.4 is 4.74 Å². The van der Waals surface area contributed by atoms with E-state index in [4.69, 9.17) is 27.9 Å². The predicted octanol–water partition coefficient (Wildman–Crippen LogP) is 6.51. The molecule has 2 saturated heterocycles. The summed E-state index contributed by atoms with van der Waals surface area (Å²) in [6.07, 6.45) is 5.64. The Labute approximate surface area is 233 Å². The van der Waals surface area contributed by atoms with Gasteiger partial charge in [-0.15, -0.1) is 0 Å². The number of nitrogens with zero attached hydrogens (tertiary/aromatic N) is 3. The van der Waals surface area contributed by atoms with Crippen molar-refractivity contribution in [2.75, 3.05) is 53.4 Å². The molecule has 2 aliphatic rings. The van der Waals surface area contributed by atoms with Crippen molar-refractivity contribution in [3.63, 3.8) is 0 Å². The molecule has 1 unspecified atom stereocenters. The topological polar surface area (TPSA) is 36.0 Å². The van der Waals surface area contributed by atoms with Crippen molar-refractivity contribution in [3.8, 4) is 5.75 Å². The maximum absolute atomic E-state index is 12.3. The summed E-state index contributed by atoms with van der Waals surface area (Å²) in [7, 11) is 3.88. The number of hydrogen-bond acceptors (Lipinski definition) is 4. The van der Waals surface area contributed by atoms with E-state index >= 15 is 0 Å². The number of carbonyl (C=O) groups excluding carboxylic acids is 1. The third kappa shape index (κ3) is 9.47. The lowest BCUT2D eigenvalue weighted by atomic mass is 9.88. The van der Waals surface area contributed by atoms with Crippen LogP contribution in [-0.4, -0.2) is 80.1 Å². The summed E-state index contributed by atoms with van der Waals surface area (Å²) < 4.78 is 6.35. The van der Waals surface area contributed by atoms with Crippen molar-refractivity contribution < 1.29 is 9.53 Å². The van der Waals surface area contributed by atoms with Crippen molar-refractivity contribution in [1.29, 1.82) is 0 Å². The number of amides is 1. The Balaban J connectivity index is 0.000000405. The molecule has 2 fully saturated rings. The van der Waals surface area contributed by atoms with Gasteiger partial charge < -0.3 is 14.5 Å². The second-order valence-corrected chi connectivity index (χ2v) is 11.4. The largest absolute Gasteiger partial charge is 0.492 e. The quantitative estimate of drug-likeness (QED) is 0.377. The molecule has 5 nitrogen and oxygen atoms in total. The summed E-state index contributed by atoms with van der Waals surface area (Å²) in [4.78, 5) is 18.8. The van der Waals surface area contributed by atoms with Gasteiger partial charge in [0.15, 0.2) is 0 Å². The lowest BCUT2D eigenvalue weighted by Gasteiger charge is -2.34. The van der Waals surface area contributed by atoms with Crippen LogP contribution in [0.5, 0.6) is 5.75 Å². The molecule has 2 heterocycles. The van der Waals surface area contributed by atoms with E-state index < -0.39 is 0 Å². The van der Waals surface area contributed by atoms with E-state index in [2.05, 4.69) is 17.9 Å². The summed E-state index contributed by atoms with van der Waals surface area (Å²) in [5.41, 5.74) is 2.49. The van der Waals surface area contributed by atoms with Crippen LogP contribution in [0, 0.1) is 6.92 Å². The number of halogens is 2. The Morgan fingerprint density at radius 3 is 2.19 bits per heavy atom. The molecule has 2 aromatic carbocycles. The zero-order valence-corrected chi connectivity index (χ0v) is 24.4. The minimum atomic E-state index is 0.220. The lowest BCUT2D eigenvalue weighted by Crippen LogP contribution is -2.42. The van der Waals surface area contributed by atoms with Gasteiger partial charge in [-0.05, 0) is 102 Å². The van der Waals surface area contributed by atoms with E-state index in [-0.39, 0.29) is 5.91 Å². The van der Waals surface area contributed by atoms with Gasteiger partial charge in [0.2, 0.25) is 5.91 Å². The first-order valence-corrected chi connectivity index (χ1v) is 14.3. The maximum Gasteiger partial charge on any atom is 0.236 e. The molecule has 1 amide bonds. The van der Waals surface area contributed by atoms with Gasteiger partial charge in [0.1, 0.15) is 12.4 Å². The number of hydrogen-bond donors (Lipinski definition) is 0. The van der Waals surface area contributed by atoms with Crippen molar-refractivity contribution in [3.05, 3.63) is 63.6 Å². The third-order valence-electron chi connectivity index (χ3n) is 7.29. The average Bonchev–Trinajstić information content (AvgIpc) is 3.41. The summed E-state index contributed by atoms with van der Waals surface area (Å²) in [6, 6.07) is 14.3. The van der Waals surface area contributed by atoms with E-state index in [0.717, 1.165) is 48.1 Å². The highest BCUT2D eigenvalue weighted by atomic mass is 35.5. The van der Waals surface area contributed by atoms with Gasteiger partial charge in [-0.3, -0.25) is 9.69 Å². The number of likely N-dealkylation sites (N-methyl/N-ethyl adjacent to an activating group) is 1. The Bertz CT molecular complexity index is 948. The molecular weight excluding hydrogens is 505 g/mol. The van der Waals surface area contributed by atoms with Crippen LogP contribution in [0.1, 0.15) is 56.1 Å². The van der Waals surface area contributed by atoms with Crippen LogP contribution in [0.4, 0.5) is 0 Å². The van der Waals surface area contributed by atoms with Crippen LogP contribution in [0.25, 0.3) is 0 Å². The highest BCUT2D eigenvalue weighted by Gasteiger charge is 2.27. The normalized spacial score (nSPS) is 17.4. The zero-order valence-electron chi connectivity index (χ0n) is 22.9. The Kier molecular flexibility index (Phi) is 12.0. The minimum Gasteiger partial charge on any atom is -0.492 e. The summed E-state index contributed by atoms with van der Waals surface area (Å²) in [5.74, 6) is 1.56. The van der Waals surface area contributed by atoms with Gasteiger partial charge in [-0.1, -0.05) is 53.9 Å². The summed E-state index contributed by atoms with van der Waals surface area (Å²) in [5, 5.41) is 1.52. The lowest BCUT2D eigenvalue weighted by molar-refractivity contribution is -0.132. The first kappa shape index (κ1) is 29.8. The maximum atomic E-state index is 12.3. The van der Waals surface area contributed by atoms with Crippen LogP contribution in [0.15, 0.2) is 42.5 Å². The molecule has 7 heteroatoms. The van der Waals surface area contributed by atoms with E-state index in [1.54, 1.807) is 0 Å². The van der Waals surface area contributed by atoms with Gasteiger partial charge >= 0.3 is 0 Å². The number of likely N-dealkylation sites (tertiary alicyclic amines) is 2. The molecule has 2 aliphatic heterocycles. The predicted molar refractivity (Wildman–Crippen MR) is 155 cm³/mol. The highest BCUT2D eigenvalue weighted by Crippen LogP contribution is 2.36. The molecule has 0 radical (unpaired) electrons. The zero-order chi connectivity index (χ0) is 26.8. The Hall–Kier alpha value is -1.79. The fraction of sp³-hybridized carbons (Fsp3) is 0.567. The molecular formula is C30H43Cl2N3O2. The molecule has 0 saturated carbocycles. The number of rotatable bonds is 8. The van der Waals surface area contributed by atoms with E-state index in [0.29, 0.717) is 25.1 Å². The van der Waals surface area contributed by atoms with Gasteiger partial charge in [0, 0.05) is 29.2 Å². The smallest absolute Gasteiger partial charge is 0.236 e. The summed E-state index contributed by atoms with van der Waals surface area (Å²) >= 11 is 11.9. The molecule has 0 aliphatic carbocycles. The Morgan fingerprint density at radius 2 is 1.62 bits per heavy atom. The molecule has 4 rings (SSSR count). The van der Waals surface area contributed by atoms with E-state index in [1.165, 1.54) is 37.1 Å². The molecule has 37 heavy (non-hydrogen) atoms. The third-order valence-corrected chi connectivity index (χ3v) is 7.77. The van der Waals surface area contributed by atoms with Crippen LogP contribution >= 0.6 is 23.2 Å². The average molecular weight is 549 g/mol. The standard InChI is InChI=1S/C23H36ClN3O2.C7H7Cl/c1-4-20(26-11-5-6-12-26)17-29-22-15-19(24)7-8-21(22)18-9-13-27(14-10-18)23(28)16-25(2)3;1-6-2-4-7(8)5-3-6/h7-8,15,18,20H,4-6,9-14,16-17H2,1-3H3;2-5H,1H3. The van der Waals surface area contributed by atoms with Gasteiger partial charge in [0.05, 0.1) is 6.54 Å². The van der Waals surface area contributed by atoms with Gasteiger partial charge in [-0.25, -0.2) is 0 Å². The second-order valence-electron chi connectivity index (χ2n) is 10.5. The van der Waals surface area contributed by atoms with Crippen molar-refractivity contribution in [1.82, 2.24) is 14.7 Å². The number of benzene rings is 2. The molecule has 1 atom stereocenters. The van der Waals surface area contributed by atoms with Crippen LogP contribution in [-0.2, 0) is 4.79 Å². The number of ether oxygens (including phenoxy) is 1. The molecule has 0 spiro atoms. The first-order chi connectivity index (χ1) is 17.8. The number of piperidine rings is 1. The van der Waals surface area contributed by atoms with Crippen molar-refractivity contribution in [2.45, 2.75) is 57.9 Å². The monoisotopic (exact) mass is 547 g/mol.